The second kappa shape index (κ2) is 2.30. The van der Waals surface area contributed by atoms with E-state index in [1.54, 1.807) is 0 Å². The summed E-state index contributed by atoms with van der Waals surface area (Å²) in [6.07, 6.45) is 3.40. The summed E-state index contributed by atoms with van der Waals surface area (Å²) >= 11 is 0. The van der Waals surface area contributed by atoms with Crippen LogP contribution in [-0.2, 0) is 4.74 Å². The molecule has 0 saturated heterocycles. The van der Waals surface area contributed by atoms with Crippen molar-refractivity contribution >= 4 is 0 Å². The summed E-state index contributed by atoms with van der Waals surface area (Å²) in [7, 11) is 0. The van der Waals surface area contributed by atoms with E-state index >= 15 is 0 Å². The fourth-order valence-electron chi connectivity index (χ4n) is 1.31. The van der Waals surface area contributed by atoms with Crippen LogP contribution in [0.25, 0.3) is 0 Å². The van der Waals surface area contributed by atoms with Crippen LogP contribution in [0.4, 0.5) is 0 Å². The smallest absolute Gasteiger partial charge is 0.100 e. The normalized spacial score (nSPS) is 30.8. The van der Waals surface area contributed by atoms with Crippen molar-refractivity contribution in [2.45, 2.75) is 40.2 Å². The van der Waals surface area contributed by atoms with Gasteiger partial charge in [-0.2, -0.15) is 0 Å². The van der Waals surface area contributed by atoms with Crippen molar-refractivity contribution in [3.63, 3.8) is 0 Å². The van der Waals surface area contributed by atoms with Gasteiger partial charge in [-0.1, -0.05) is 13.8 Å². The Kier molecular flexibility index (Phi) is 1.76. The van der Waals surface area contributed by atoms with Gasteiger partial charge < -0.3 is 4.74 Å². The quantitative estimate of drug-likeness (QED) is 0.502. The first kappa shape index (κ1) is 7.64. The van der Waals surface area contributed by atoms with E-state index < -0.39 is 0 Å². The second-order valence-electron chi connectivity index (χ2n) is 3.91. The highest BCUT2D eigenvalue weighted by Crippen LogP contribution is 2.34. The number of rotatable bonds is 0. The largest absolute Gasteiger partial charge is 0.498 e. The molecule has 1 aliphatic heterocycles. The monoisotopic (exact) mass is 140 g/mol. The number of ether oxygens (including phenoxy) is 1. The number of hydrogen-bond donors (Lipinski definition) is 0. The summed E-state index contributed by atoms with van der Waals surface area (Å²) in [4.78, 5) is 0. The van der Waals surface area contributed by atoms with E-state index in [0.29, 0.717) is 11.5 Å². The average molecular weight is 140 g/mol. The van der Waals surface area contributed by atoms with Gasteiger partial charge in [0.25, 0.3) is 0 Å². The van der Waals surface area contributed by atoms with Gasteiger partial charge in [-0.15, -0.1) is 0 Å². The number of allylic oxidation sites excluding steroid dienone is 1. The Labute approximate surface area is 63.1 Å². The second-order valence-corrected chi connectivity index (χ2v) is 3.91. The van der Waals surface area contributed by atoms with Crippen molar-refractivity contribution in [1.29, 1.82) is 0 Å². The minimum atomic E-state index is 0.318. The third kappa shape index (κ3) is 1.34. The molecule has 1 nitrogen and oxygen atoms in total. The average Bonchev–Trinajstić information content (AvgIpc) is 1.78. The van der Waals surface area contributed by atoms with Crippen molar-refractivity contribution in [2.24, 2.45) is 5.41 Å². The molecule has 0 fully saturated rings. The van der Waals surface area contributed by atoms with Gasteiger partial charge in [0, 0.05) is 5.41 Å². The van der Waals surface area contributed by atoms with Gasteiger partial charge in [0.2, 0.25) is 0 Å². The molecule has 1 unspecified atom stereocenters. The van der Waals surface area contributed by atoms with Crippen LogP contribution < -0.4 is 0 Å². The van der Waals surface area contributed by atoms with Crippen LogP contribution >= 0.6 is 0 Å². The van der Waals surface area contributed by atoms with Crippen molar-refractivity contribution in [2.75, 3.05) is 0 Å². The molecule has 0 radical (unpaired) electrons. The molecule has 0 saturated carbocycles. The van der Waals surface area contributed by atoms with Gasteiger partial charge in [-0.3, -0.25) is 0 Å². The van der Waals surface area contributed by atoms with Crippen LogP contribution in [0, 0.1) is 5.41 Å². The molecule has 0 spiro atoms. The molecule has 0 bridgehead atoms. The molecule has 1 heteroatoms. The molecule has 58 valence electrons. The molecule has 0 aromatic carbocycles. The van der Waals surface area contributed by atoms with Crippen LogP contribution in [0.15, 0.2) is 11.8 Å². The Morgan fingerprint density at radius 2 is 2.20 bits per heavy atom. The first-order chi connectivity index (χ1) is 4.52. The van der Waals surface area contributed by atoms with E-state index in [1.807, 2.05) is 6.26 Å². The van der Waals surface area contributed by atoms with Crippen molar-refractivity contribution < 1.29 is 4.74 Å². The van der Waals surface area contributed by atoms with E-state index in [1.165, 1.54) is 5.57 Å². The van der Waals surface area contributed by atoms with Crippen molar-refractivity contribution in [3.8, 4) is 0 Å². The summed E-state index contributed by atoms with van der Waals surface area (Å²) in [5.41, 5.74) is 1.67. The van der Waals surface area contributed by atoms with Crippen LogP contribution in [-0.4, -0.2) is 6.10 Å². The first-order valence-electron chi connectivity index (χ1n) is 3.83. The molecule has 0 amide bonds. The standard InChI is InChI=1S/C9H16O/c1-7-5-9(3,4)8(2)10-6-7/h6,8H,5H2,1-4H3. The maximum absolute atomic E-state index is 5.44. The summed E-state index contributed by atoms with van der Waals surface area (Å²) in [5.74, 6) is 0. The minimum absolute atomic E-state index is 0.318. The molecular formula is C9H16O. The zero-order valence-corrected chi connectivity index (χ0v) is 7.27. The fraction of sp³-hybridized carbons (Fsp3) is 0.778. The van der Waals surface area contributed by atoms with Crippen LogP contribution in [0.2, 0.25) is 0 Å². The van der Waals surface area contributed by atoms with E-state index in [9.17, 15) is 0 Å². The molecule has 0 N–H and O–H groups in total. The maximum Gasteiger partial charge on any atom is 0.100 e. The highest BCUT2D eigenvalue weighted by atomic mass is 16.5. The SMILES string of the molecule is CC1=COC(C)C(C)(C)C1. The van der Waals surface area contributed by atoms with Gasteiger partial charge >= 0.3 is 0 Å². The van der Waals surface area contributed by atoms with Crippen LogP contribution in [0.1, 0.15) is 34.1 Å². The Morgan fingerprint density at radius 1 is 1.60 bits per heavy atom. The first-order valence-corrected chi connectivity index (χ1v) is 3.83. The van der Waals surface area contributed by atoms with E-state index in [-0.39, 0.29) is 0 Å². The zero-order valence-electron chi connectivity index (χ0n) is 7.27. The minimum Gasteiger partial charge on any atom is -0.498 e. The van der Waals surface area contributed by atoms with Gasteiger partial charge in [0.05, 0.1) is 6.26 Å². The molecule has 10 heavy (non-hydrogen) atoms. The maximum atomic E-state index is 5.44. The third-order valence-corrected chi connectivity index (χ3v) is 2.31. The molecule has 0 aromatic rings. The lowest BCUT2D eigenvalue weighted by Gasteiger charge is -2.35. The summed E-state index contributed by atoms with van der Waals surface area (Å²) in [6.45, 7) is 8.74. The highest BCUT2D eigenvalue weighted by molar-refractivity contribution is 5.03. The predicted molar refractivity (Wildman–Crippen MR) is 42.7 cm³/mol. The molecular weight excluding hydrogens is 124 g/mol. The van der Waals surface area contributed by atoms with E-state index in [4.69, 9.17) is 4.74 Å². The zero-order chi connectivity index (χ0) is 7.78. The lowest BCUT2D eigenvalue weighted by atomic mass is 9.80. The lowest BCUT2D eigenvalue weighted by molar-refractivity contribution is 0.0306. The molecule has 1 heterocycles. The molecule has 0 aliphatic carbocycles. The van der Waals surface area contributed by atoms with E-state index in [0.717, 1.165) is 6.42 Å². The molecule has 1 rings (SSSR count). The lowest BCUT2D eigenvalue weighted by Crippen LogP contribution is -2.31. The van der Waals surface area contributed by atoms with Crippen molar-refractivity contribution in [3.05, 3.63) is 11.8 Å². The van der Waals surface area contributed by atoms with Gasteiger partial charge in [0.1, 0.15) is 6.10 Å². The Balaban J connectivity index is 2.72. The van der Waals surface area contributed by atoms with Gasteiger partial charge in [0.15, 0.2) is 0 Å². The number of hydrogen-bond acceptors (Lipinski definition) is 1. The summed E-state index contributed by atoms with van der Waals surface area (Å²) in [6, 6.07) is 0. The predicted octanol–water partition coefficient (Wildman–Crippen LogP) is 2.73. The summed E-state index contributed by atoms with van der Waals surface area (Å²) in [5, 5.41) is 0. The van der Waals surface area contributed by atoms with Gasteiger partial charge in [-0.05, 0) is 25.8 Å². The van der Waals surface area contributed by atoms with Gasteiger partial charge in [-0.25, -0.2) is 0 Å². The molecule has 1 atom stereocenters. The highest BCUT2D eigenvalue weighted by Gasteiger charge is 2.29. The van der Waals surface area contributed by atoms with Crippen LogP contribution in [0.5, 0.6) is 0 Å². The van der Waals surface area contributed by atoms with Crippen molar-refractivity contribution in [1.82, 2.24) is 0 Å². The summed E-state index contributed by atoms with van der Waals surface area (Å²) < 4.78 is 5.44. The topological polar surface area (TPSA) is 9.23 Å². The molecule has 0 aromatic heterocycles. The fourth-order valence-corrected chi connectivity index (χ4v) is 1.31. The molecule has 1 aliphatic rings. The Bertz CT molecular complexity index is 156. The Hall–Kier alpha value is -0.460. The van der Waals surface area contributed by atoms with E-state index in [2.05, 4.69) is 27.7 Å². The third-order valence-electron chi connectivity index (χ3n) is 2.31. The van der Waals surface area contributed by atoms with Crippen LogP contribution in [0.3, 0.4) is 0 Å². The Morgan fingerprint density at radius 3 is 2.60 bits per heavy atom.